The molecule has 2 aromatic heterocycles. The molecule has 0 radical (unpaired) electrons. The number of nitrogens with one attached hydrogen (secondary N) is 2. The number of para-hydroxylation sites is 1. The van der Waals surface area contributed by atoms with Gasteiger partial charge in [0, 0.05) is 30.8 Å². The van der Waals surface area contributed by atoms with Gasteiger partial charge >= 0.3 is 0 Å². The maximum absolute atomic E-state index is 12.1. The molecule has 0 saturated heterocycles. The van der Waals surface area contributed by atoms with Gasteiger partial charge in [-0.05, 0) is 38.1 Å². The third-order valence-electron chi connectivity index (χ3n) is 4.29. The number of benzene rings is 1. The van der Waals surface area contributed by atoms with Gasteiger partial charge in [0.1, 0.15) is 0 Å². The fourth-order valence-electron chi connectivity index (χ4n) is 2.81. The molecule has 1 aromatic carbocycles. The molecule has 2 heterocycles. The average molecular weight is 366 g/mol. The minimum Gasteiger partial charge on any atom is -0.459 e. The quantitative estimate of drug-likeness (QED) is 0.672. The van der Waals surface area contributed by atoms with Gasteiger partial charge in [-0.2, -0.15) is 5.10 Å². The first-order valence-electron chi connectivity index (χ1n) is 8.75. The lowest BCUT2D eigenvalue weighted by Crippen LogP contribution is -2.30. The summed E-state index contributed by atoms with van der Waals surface area (Å²) in [6.45, 7) is 4.55. The number of nitrogens with zero attached hydrogens (tertiary/aromatic N) is 2. The first kappa shape index (κ1) is 18.4. The first-order chi connectivity index (χ1) is 13.1. The Bertz CT molecular complexity index is 914. The van der Waals surface area contributed by atoms with Gasteiger partial charge in [-0.1, -0.05) is 18.2 Å². The molecule has 140 valence electrons. The van der Waals surface area contributed by atoms with Gasteiger partial charge in [-0.3, -0.25) is 9.59 Å². The maximum atomic E-state index is 12.1. The fraction of sp³-hybridized carbons (Fsp3) is 0.250. The number of carbonyl (C=O) groups is 2. The van der Waals surface area contributed by atoms with Gasteiger partial charge in [0.05, 0.1) is 17.6 Å². The Balaban J connectivity index is 1.52. The number of amides is 2. The lowest BCUT2D eigenvalue weighted by atomic mass is 10.2. The molecule has 27 heavy (non-hydrogen) atoms. The summed E-state index contributed by atoms with van der Waals surface area (Å²) in [5.41, 5.74) is 3.84. The molecule has 0 atom stereocenters. The summed E-state index contributed by atoms with van der Waals surface area (Å²) in [7, 11) is 0. The van der Waals surface area contributed by atoms with Gasteiger partial charge in [0.25, 0.3) is 5.91 Å². The summed E-state index contributed by atoms with van der Waals surface area (Å²) in [6, 6.07) is 13.1. The van der Waals surface area contributed by atoms with Gasteiger partial charge in [-0.25, -0.2) is 4.68 Å². The molecular formula is C20H22N4O3. The lowest BCUT2D eigenvalue weighted by Gasteiger charge is -2.07. The predicted molar refractivity (Wildman–Crippen MR) is 101 cm³/mol. The number of aromatic nitrogens is 2. The van der Waals surface area contributed by atoms with Gasteiger partial charge in [-0.15, -0.1) is 0 Å². The summed E-state index contributed by atoms with van der Waals surface area (Å²) in [5.74, 6) is -0.236. The molecule has 0 saturated carbocycles. The van der Waals surface area contributed by atoms with E-state index < -0.39 is 0 Å². The van der Waals surface area contributed by atoms with Crippen molar-refractivity contribution in [3.63, 3.8) is 0 Å². The van der Waals surface area contributed by atoms with Crippen molar-refractivity contribution in [2.24, 2.45) is 0 Å². The van der Waals surface area contributed by atoms with Gasteiger partial charge in [0.2, 0.25) is 5.91 Å². The van der Waals surface area contributed by atoms with E-state index in [0.29, 0.717) is 6.54 Å². The Labute approximate surface area is 157 Å². The zero-order valence-electron chi connectivity index (χ0n) is 15.4. The third kappa shape index (κ3) is 4.44. The normalized spacial score (nSPS) is 10.6. The van der Waals surface area contributed by atoms with Crippen LogP contribution < -0.4 is 10.6 Å². The number of hydrogen-bond acceptors (Lipinski definition) is 4. The minimum absolute atomic E-state index is 0.138. The second kappa shape index (κ2) is 8.35. The SMILES string of the molecule is Cc1nn(-c2ccccc2)c(C)c1CNC(=O)CCNC(=O)c1ccco1. The molecular weight excluding hydrogens is 344 g/mol. The van der Waals surface area contributed by atoms with E-state index in [1.165, 1.54) is 6.26 Å². The highest BCUT2D eigenvalue weighted by Crippen LogP contribution is 2.17. The highest BCUT2D eigenvalue weighted by atomic mass is 16.3. The molecule has 0 spiro atoms. The van der Waals surface area contributed by atoms with Crippen molar-refractivity contribution < 1.29 is 14.0 Å². The molecule has 3 aromatic rings. The van der Waals surface area contributed by atoms with Crippen LogP contribution in [0.5, 0.6) is 0 Å². The second-order valence-electron chi connectivity index (χ2n) is 6.16. The van der Waals surface area contributed by atoms with Crippen LogP contribution in [0, 0.1) is 13.8 Å². The second-order valence-corrected chi connectivity index (χ2v) is 6.16. The fourth-order valence-corrected chi connectivity index (χ4v) is 2.81. The number of hydrogen-bond donors (Lipinski definition) is 2. The molecule has 0 fully saturated rings. The van der Waals surface area contributed by atoms with Crippen LogP contribution in [-0.2, 0) is 11.3 Å². The van der Waals surface area contributed by atoms with Crippen LogP contribution in [0.25, 0.3) is 5.69 Å². The van der Waals surface area contributed by atoms with Crippen molar-refractivity contribution in [1.82, 2.24) is 20.4 Å². The zero-order chi connectivity index (χ0) is 19.2. The molecule has 0 aliphatic carbocycles. The summed E-state index contributed by atoms with van der Waals surface area (Å²) in [4.78, 5) is 23.8. The van der Waals surface area contributed by atoms with Crippen LogP contribution >= 0.6 is 0 Å². The van der Waals surface area contributed by atoms with E-state index in [9.17, 15) is 9.59 Å². The number of carbonyl (C=O) groups excluding carboxylic acids is 2. The van der Waals surface area contributed by atoms with E-state index >= 15 is 0 Å². The van der Waals surface area contributed by atoms with Crippen LogP contribution in [0.3, 0.4) is 0 Å². The highest BCUT2D eigenvalue weighted by Gasteiger charge is 2.14. The van der Waals surface area contributed by atoms with E-state index in [1.807, 2.05) is 48.9 Å². The monoisotopic (exact) mass is 366 g/mol. The van der Waals surface area contributed by atoms with Crippen molar-refractivity contribution in [2.75, 3.05) is 6.54 Å². The van der Waals surface area contributed by atoms with Crippen molar-refractivity contribution in [1.29, 1.82) is 0 Å². The standard InChI is InChI=1S/C20H22N4O3/c1-14-17(15(2)24(23-14)16-7-4-3-5-8-16)13-22-19(25)10-11-21-20(26)18-9-6-12-27-18/h3-9,12H,10-11,13H2,1-2H3,(H,21,26)(H,22,25). The van der Waals surface area contributed by atoms with E-state index in [-0.39, 0.29) is 30.5 Å². The summed E-state index contributed by atoms with van der Waals surface area (Å²) < 4.78 is 6.88. The Morgan fingerprint density at radius 3 is 2.56 bits per heavy atom. The molecule has 0 aliphatic rings. The van der Waals surface area contributed by atoms with E-state index in [4.69, 9.17) is 4.42 Å². The summed E-state index contributed by atoms with van der Waals surface area (Å²) in [6.07, 6.45) is 1.62. The van der Waals surface area contributed by atoms with E-state index in [1.54, 1.807) is 12.1 Å². The van der Waals surface area contributed by atoms with Crippen molar-refractivity contribution in [3.05, 3.63) is 71.4 Å². The van der Waals surface area contributed by atoms with Crippen molar-refractivity contribution in [3.8, 4) is 5.69 Å². The van der Waals surface area contributed by atoms with Gasteiger partial charge in [0.15, 0.2) is 5.76 Å². The Morgan fingerprint density at radius 2 is 1.85 bits per heavy atom. The highest BCUT2D eigenvalue weighted by molar-refractivity contribution is 5.91. The van der Waals surface area contributed by atoms with E-state index in [0.717, 1.165) is 22.6 Å². The Morgan fingerprint density at radius 1 is 1.07 bits per heavy atom. The molecule has 0 aliphatic heterocycles. The smallest absolute Gasteiger partial charge is 0.286 e. The zero-order valence-corrected chi connectivity index (χ0v) is 15.4. The molecule has 0 bridgehead atoms. The largest absolute Gasteiger partial charge is 0.459 e. The number of aryl methyl sites for hydroxylation is 1. The molecule has 3 rings (SSSR count). The predicted octanol–water partition coefficient (Wildman–Crippen LogP) is 2.52. The van der Waals surface area contributed by atoms with Crippen LogP contribution in [0.2, 0.25) is 0 Å². The van der Waals surface area contributed by atoms with Crippen LogP contribution in [-0.4, -0.2) is 28.1 Å². The molecule has 2 N–H and O–H groups in total. The van der Waals surface area contributed by atoms with Crippen LogP contribution in [0.1, 0.15) is 33.9 Å². The summed E-state index contributed by atoms with van der Waals surface area (Å²) in [5, 5.41) is 10.1. The molecule has 7 heteroatoms. The molecule has 2 amide bonds. The lowest BCUT2D eigenvalue weighted by molar-refractivity contribution is -0.121. The summed E-state index contributed by atoms with van der Waals surface area (Å²) >= 11 is 0. The Hall–Kier alpha value is -3.35. The van der Waals surface area contributed by atoms with Crippen molar-refractivity contribution >= 4 is 11.8 Å². The first-order valence-corrected chi connectivity index (χ1v) is 8.75. The van der Waals surface area contributed by atoms with Gasteiger partial charge < -0.3 is 15.1 Å². The molecule has 7 nitrogen and oxygen atoms in total. The van der Waals surface area contributed by atoms with Crippen LogP contribution in [0.15, 0.2) is 53.1 Å². The number of furan rings is 1. The minimum atomic E-state index is -0.330. The Kier molecular flexibility index (Phi) is 5.71. The topological polar surface area (TPSA) is 89.2 Å². The number of rotatable bonds is 7. The maximum Gasteiger partial charge on any atom is 0.286 e. The third-order valence-corrected chi connectivity index (χ3v) is 4.29. The van der Waals surface area contributed by atoms with E-state index in [2.05, 4.69) is 15.7 Å². The van der Waals surface area contributed by atoms with Crippen LogP contribution in [0.4, 0.5) is 0 Å². The average Bonchev–Trinajstić information content (AvgIpc) is 3.30. The van der Waals surface area contributed by atoms with Crippen molar-refractivity contribution in [2.45, 2.75) is 26.8 Å². The molecule has 0 unspecified atom stereocenters.